The number of nitrogens with one attached hydrogen (secondary N) is 2. The average molecular weight is 449 g/mol. The number of anilines is 3. The normalized spacial score (nSPS) is 11.4. The Morgan fingerprint density at radius 2 is 1.50 bits per heavy atom. The largest absolute Gasteiger partial charge is 0.339 e. The number of sulfonamides is 1. The van der Waals surface area contributed by atoms with Gasteiger partial charge in [0.1, 0.15) is 0 Å². The molecule has 0 saturated carbocycles. The Morgan fingerprint density at radius 3 is 2.09 bits per heavy atom. The van der Waals surface area contributed by atoms with Gasteiger partial charge < -0.3 is 5.32 Å². The fraction of sp³-hybridized carbons (Fsp3) is 0.174. The molecule has 4 rings (SSSR count). The molecule has 4 aromatic rings. The van der Waals surface area contributed by atoms with Gasteiger partial charge in [-0.2, -0.15) is 5.10 Å². The van der Waals surface area contributed by atoms with Gasteiger partial charge in [-0.1, -0.05) is 6.07 Å². The SMILES string of the molecule is Cc1cc(C)n(-c2ccc(Nc3ccc(NS(=O)(=O)c4ccc(C)c(C)c4)cc3)nn2)n1. The Hall–Kier alpha value is -3.72. The van der Waals surface area contributed by atoms with E-state index in [-0.39, 0.29) is 4.90 Å². The molecule has 0 aliphatic rings. The third-order valence-corrected chi connectivity index (χ3v) is 6.45. The van der Waals surface area contributed by atoms with Crippen LogP contribution in [-0.2, 0) is 10.0 Å². The van der Waals surface area contributed by atoms with Crippen molar-refractivity contribution in [3.8, 4) is 5.82 Å². The van der Waals surface area contributed by atoms with E-state index in [2.05, 4.69) is 25.3 Å². The Labute approximate surface area is 187 Å². The van der Waals surface area contributed by atoms with Crippen molar-refractivity contribution >= 4 is 27.2 Å². The molecular formula is C23H24N6O2S. The summed E-state index contributed by atoms with van der Waals surface area (Å²) in [5.41, 5.74) is 5.10. The highest BCUT2D eigenvalue weighted by Crippen LogP contribution is 2.22. The number of nitrogens with zero attached hydrogens (tertiary/aromatic N) is 4. The van der Waals surface area contributed by atoms with Gasteiger partial charge in [-0.05, 0) is 93.4 Å². The minimum Gasteiger partial charge on any atom is -0.339 e. The number of rotatable bonds is 6. The van der Waals surface area contributed by atoms with E-state index in [9.17, 15) is 8.42 Å². The number of benzene rings is 2. The topological polar surface area (TPSA) is 102 Å². The maximum atomic E-state index is 12.7. The number of hydrogen-bond donors (Lipinski definition) is 2. The third kappa shape index (κ3) is 4.62. The van der Waals surface area contributed by atoms with Crippen LogP contribution in [0.25, 0.3) is 5.82 Å². The first-order valence-electron chi connectivity index (χ1n) is 10.1. The van der Waals surface area contributed by atoms with Crippen LogP contribution in [0.3, 0.4) is 0 Å². The second kappa shape index (κ2) is 8.43. The van der Waals surface area contributed by atoms with Crippen LogP contribution in [0.5, 0.6) is 0 Å². The van der Waals surface area contributed by atoms with Crippen molar-refractivity contribution in [1.82, 2.24) is 20.0 Å². The van der Waals surface area contributed by atoms with Gasteiger partial charge in [-0.3, -0.25) is 4.72 Å². The molecule has 0 radical (unpaired) electrons. The molecule has 0 saturated heterocycles. The molecule has 164 valence electrons. The van der Waals surface area contributed by atoms with Gasteiger partial charge in [0.15, 0.2) is 11.6 Å². The van der Waals surface area contributed by atoms with Crippen LogP contribution in [0.1, 0.15) is 22.5 Å². The minimum absolute atomic E-state index is 0.237. The molecule has 2 heterocycles. The number of aromatic nitrogens is 4. The van der Waals surface area contributed by atoms with Gasteiger partial charge in [0.2, 0.25) is 0 Å². The summed E-state index contributed by atoms with van der Waals surface area (Å²) in [4.78, 5) is 0.237. The third-order valence-electron chi connectivity index (χ3n) is 5.08. The van der Waals surface area contributed by atoms with Crippen molar-refractivity contribution in [2.45, 2.75) is 32.6 Å². The molecule has 32 heavy (non-hydrogen) atoms. The standard InChI is InChI=1S/C23H24N6O2S/c1-15-5-10-21(13-16(15)2)32(30,31)28-20-8-6-19(7-9-20)24-22-11-12-23(26-25-22)29-18(4)14-17(3)27-29/h5-14,28H,1-4H3,(H,24,25). The molecule has 0 spiro atoms. The fourth-order valence-electron chi connectivity index (χ4n) is 3.23. The molecule has 2 aromatic heterocycles. The lowest BCUT2D eigenvalue weighted by molar-refractivity contribution is 0.601. The maximum absolute atomic E-state index is 12.7. The molecule has 0 aliphatic carbocycles. The molecule has 0 fully saturated rings. The van der Waals surface area contributed by atoms with Crippen molar-refractivity contribution in [3.63, 3.8) is 0 Å². The van der Waals surface area contributed by atoms with Crippen LogP contribution in [-0.4, -0.2) is 28.4 Å². The minimum atomic E-state index is -3.66. The van der Waals surface area contributed by atoms with E-state index >= 15 is 0 Å². The van der Waals surface area contributed by atoms with Crippen molar-refractivity contribution in [2.24, 2.45) is 0 Å². The van der Waals surface area contributed by atoms with Gasteiger partial charge >= 0.3 is 0 Å². The molecule has 2 aromatic carbocycles. The van der Waals surface area contributed by atoms with Gasteiger partial charge in [0.05, 0.1) is 10.6 Å². The van der Waals surface area contributed by atoms with Crippen LogP contribution in [0.15, 0.2) is 65.6 Å². The Morgan fingerprint density at radius 1 is 0.781 bits per heavy atom. The van der Waals surface area contributed by atoms with E-state index in [0.717, 1.165) is 28.2 Å². The van der Waals surface area contributed by atoms with Crippen LogP contribution in [0.2, 0.25) is 0 Å². The smallest absolute Gasteiger partial charge is 0.261 e. The van der Waals surface area contributed by atoms with Crippen LogP contribution in [0, 0.1) is 27.7 Å². The summed E-state index contributed by atoms with van der Waals surface area (Å²) in [6, 6.07) is 17.6. The van der Waals surface area contributed by atoms with Gasteiger partial charge in [0.25, 0.3) is 10.0 Å². The predicted molar refractivity (Wildman–Crippen MR) is 125 cm³/mol. The van der Waals surface area contributed by atoms with E-state index < -0.39 is 10.0 Å². The molecule has 0 amide bonds. The van der Waals surface area contributed by atoms with Crippen LogP contribution < -0.4 is 10.0 Å². The summed E-state index contributed by atoms with van der Waals surface area (Å²) in [7, 11) is -3.66. The monoisotopic (exact) mass is 448 g/mol. The van der Waals surface area contributed by atoms with Crippen molar-refractivity contribution in [2.75, 3.05) is 10.0 Å². The first kappa shape index (κ1) is 21.5. The lowest BCUT2D eigenvalue weighted by Crippen LogP contribution is -2.13. The number of hydrogen-bond acceptors (Lipinski definition) is 6. The van der Waals surface area contributed by atoms with Crippen LogP contribution in [0.4, 0.5) is 17.2 Å². The van der Waals surface area contributed by atoms with E-state index in [1.807, 2.05) is 45.9 Å². The van der Waals surface area contributed by atoms with Crippen LogP contribution >= 0.6 is 0 Å². The van der Waals surface area contributed by atoms with Gasteiger partial charge in [-0.15, -0.1) is 10.2 Å². The second-order valence-corrected chi connectivity index (χ2v) is 9.35. The quantitative estimate of drug-likeness (QED) is 0.452. The highest BCUT2D eigenvalue weighted by Gasteiger charge is 2.15. The molecule has 0 atom stereocenters. The first-order valence-corrected chi connectivity index (χ1v) is 11.5. The summed E-state index contributed by atoms with van der Waals surface area (Å²) in [6.07, 6.45) is 0. The average Bonchev–Trinajstić information content (AvgIpc) is 3.09. The van der Waals surface area contributed by atoms with Crippen molar-refractivity contribution < 1.29 is 8.42 Å². The van der Waals surface area contributed by atoms with Crippen molar-refractivity contribution in [1.29, 1.82) is 0 Å². The summed E-state index contributed by atoms with van der Waals surface area (Å²) < 4.78 is 29.7. The lowest BCUT2D eigenvalue weighted by Gasteiger charge is -2.11. The molecule has 0 unspecified atom stereocenters. The molecular weight excluding hydrogens is 424 g/mol. The zero-order chi connectivity index (χ0) is 22.9. The van der Waals surface area contributed by atoms with Crippen molar-refractivity contribution in [3.05, 3.63) is 83.2 Å². The lowest BCUT2D eigenvalue weighted by atomic mass is 10.1. The second-order valence-electron chi connectivity index (χ2n) is 7.67. The fourth-order valence-corrected chi connectivity index (χ4v) is 4.37. The Kier molecular flexibility index (Phi) is 5.67. The van der Waals surface area contributed by atoms with E-state index in [1.165, 1.54) is 0 Å². The van der Waals surface area contributed by atoms with E-state index in [1.54, 1.807) is 47.1 Å². The van der Waals surface area contributed by atoms with Gasteiger partial charge in [0, 0.05) is 17.1 Å². The predicted octanol–water partition coefficient (Wildman–Crippen LogP) is 4.44. The highest BCUT2D eigenvalue weighted by molar-refractivity contribution is 7.92. The highest BCUT2D eigenvalue weighted by atomic mass is 32.2. The summed E-state index contributed by atoms with van der Waals surface area (Å²) in [5.74, 6) is 1.20. The molecule has 8 nitrogen and oxygen atoms in total. The Balaban J connectivity index is 1.44. The zero-order valence-corrected chi connectivity index (χ0v) is 19.1. The van der Waals surface area contributed by atoms with E-state index in [4.69, 9.17) is 0 Å². The zero-order valence-electron chi connectivity index (χ0n) is 18.3. The summed E-state index contributed by atoms with van der Waals surface area (Å²) in [5, 5.41) is 16.0. The number of aryl methyl sites for hydroxylation is 4. The summed E-state index contributed by atoms with van der Waals surface area (Å²) >= 11 is 0. The summed E-state index contributed by atoms with van der Waals surface area (Å²) in [6.45, 7) is 7.73. The van der Waals surface area contributed by atoms with Gasteiger partial charge in [-0.25, -0.2) is 13.1 Å². The molecule has 9 heteroatoms. The maximum Gasteiger partial charge on any atom is 0.261 e. The molecule has 0 bridgehead atoms. The first-order chi connectivity index (χ1) is 15.2. The van der Waals surface area contributed by atoms with E-state index in [0.29, 0.717) is 17.3 Å². The Bertz CT molecular complexity index is 1360. The molecule has 0 aliphatic heterocycles. The molecule has 2 N–H and O–H groups in total.